The molecule has 0 bridgehead atoms. The van der Waals surface area contributed by atoms with Gasteiger partial charge in [0.1, 0.15) is 18.2 Å². The number of pyridine rings is 2. The number of carboxylic acids is 1. The first-order valence-corrected chi connectivity index (χ1v) is 13.1. The average Bonchev–Trinajstić information content (AvgIpc) is 3.26. The van der Waals surface area contributed by atoms with E-state index in [1.54, 1.807) is 42.6 Å². The third-order valence-electron chi connectivity index (χ3n) is 6.83. The summed E-state index contributed by atoms with van der Waals surface area (Å²) >= 11 is 5.82. The molecule has 5 aromatic rings. The topological polar surface area (TPSA) is 99.4 Å². The minimum atomic E-state index is -0.978. The molecule has 1 aliphatic heterocycles. The smallest absolute Gasteiger partial charge is 0.335 e. The molecule has 4 heterocycles. The van der Waals surface area contributed by atoms with Crippen LogP contribution in [-0.4, -0.2) is 43.3 Å². The van der Waals surface area contributed by atoms with Crippen molar-refractivity contribution in [3.8, 4) is 17.1 Å². The third-order valence-corrected chi connectivity index (χ3v) is 7.06. The lowest BCUT2D eigenvalue weighted by Gasteiger charge is -2.27. The normalized spacial score (nSPS) is 14.7. The van der Waals surface area contributed by atoms with Crippen molar-refractivity contribution in [3.63, 3.8) is 0 Å². The van der Waals surface area contributed by atoms with E-state index in [4.69, 9.17) is 26.1 Å². The molecule has 202 valence electrons. The number of imidazole rings is 1. The molecule has 10 heteroatoms. The second kappa shape index (κ2) is 11.0. The van der Waals surface area contributed by atoms with E-state index >= 15 is 0 Å². The van der Waals surface area contributed by atoms with E-state index in [1.807, 2.05) is 28.8 Å². The highest BCUT2D eigenvalue weighted by atomic mass is 35.5. The van der Waals surface area contributed by atoms with Gasteiger partial charge in [0.05, 0.1) is 34.9 Å². The van der Waals surface area contributed by atoms with Crippen molar-refractivity contribution in [2.45, 2.75) is 32.1 Å². The Labute approximate surface area is 234 Å². The number of halogens is 2. The fraction of sp³-hybridized carbons (Fsp3) is 0.200. The lowest BCUT2D eigenvalue weighted by molar-refractivity contribution is -0.0589. The summed E-state index contributed by atoms with van der Waals surface area (Å²) < 4.78 is 27.5. The molecule has 0 spiro atoms. The van der Waals surface area contributed by atoms with Gasteiger partial charge >= 0.3 is 5.97 Å². The molecule has 0 aliphatic carbocycles. The maximum atomic E-state index is 14.1. The van der Waals surface area contributed by atoms with E-state index < -0.39 is 11.8 Å². The number of rotatable bonds is 9. The summed E-state index contributed by atoms with van der Waals surface area (Å²) in [4.78, 5) is 25.5. The molecular weight excluding hydrogens is 535 g/mol. The lowest BCUT2D eigenvalue weighted by Crippen LogP contribution is -2.31. The van der Waals surface area contributed by atoms with E-state index in [2.05, 4.69) is 9.97 Å². The van der Waals surface area contributed by atoms with Crippen LogP contribution < -0.4 is 4.74 Å². The zero-order valence-corrected chi connectivity index (χ0v) is 22.0. The Bertz CT molecular complexity index is 1700. The van der Waals surface area contributed by atoms with Crippen molar-refractivity contribution < 1.29 is 23.8 Å². The zero-order chi connectivity index (χ0) is 27.6. The van der Waals surface area contributed by atoms with Crippen LogP contribution in [0, 0.1) is 5.82 Å². The summed E-state index contributed by atoms with van der Waals surface area (Å²) in [5.41, 5.74) is 4.37. The summed E-state index contributed by atoms with van der Waals surface area (Å²) in [5.74, 6) is -0.257. The maximum Gasteiger partial charge on any atom is 0.335 e. The highest BCUT2D eigenvalue weighted by Crippen LogP contribution is 2.25. The standard InChI is InChI=1S/C30H24ClFN4O4/c31-21-7-4-20(24(32)13-21)17-40-29-3-1-2-25(35-29)19-5-8-22(33-15-19)14-28-34-26-9-6-18(30(37)38)12-27(26)36(28)16-23-10-11-39-23/h1-9,12-13,15,23H,10-11,14,16-17H2,(H,37,38)/t23-/m0/s1. The van der Waals surface area contributed by atoms with E-state index in [9.17, 15) is 14.3 Å². The highest BCUT2D eigenvalue weighted by Gasteiger charge is 2.22. The molecule has 3 aromatic heterocycles. The van der Waals surface area contributed by atoms with Crippen molar-refractivity contribution in [2.75, 3.05) is 6.61 Å². The molecule has 2 aromatic carbocycles. The molecule has 0 radical (unpaired) electrons. The summed E-state index contributed by atoms with van der Waals surface area (Å²) in [7, 11) is 0. The number of nitrogens with zero attached hydrogens (tertiary/aromatic N) is 4. The van der Waals surface area contributed by atoms with Gasteiger partial charge in [0, 0.05) is 47.1 Å². The van der Waals surface area contributed by atoms with Crippen LogP contribution in [0.2, 0.25) is 5.02 Å². The SMILES string of the molecule is O=C(O)c1ccc2nc(Cc3ccc(-c4cccc(OCc5ccc(Cl)cc5F)n4)cn3)n(C[C@@H]3CCO3)c2c1. The maximum absolute atomic E-state index is 14.1. The van der Waals surface area contributed by atoms with Crippen molar-refractivity contribution in [2.24, 2.45) is 0 Å². The first-order chi connectivity index (χ1) is 19.4. The predicted molar refractivity (Wildman–Crippen MR) is 147 cm³/mol. The Morgan fingerprint density at radius 3 is 2.73 bits per heavy atom. The fourth-order valence-electron chi connectivity index (χ4n) is 4.57. The van der Waals surface area contributed by atoms with Crippen LogP contribution in [0.5, 0.6) is 5.88 Å². The molecule has 1 aliphatic rings. The Morgan fingerprint density at radius 1 is 1.12 bits per heavy atom. The van der Waals surface area contributed by atoms with Crippen LogP contribution in [-0.2, 0) is 24.3 Å². The van der Waals surface area contributed by atoms with Crippen LogP contribution in [0.1, 0.15) is 33.9 Å². The molecule has 8 nitrogen and oxygen atoms in total. The lowest BCUT2D eigenvalue weighted by atomic mass is 10.1. The van der Waals surface area contributed by atoms with Gasteiger partial charge in [-0.05, 0) is 55.0 Å². The van der Waals surface area contributed by atoms with Crippen molar-refractivity contribution in [1.29, 1.82) is 0 Å². The first kappa shape index (κ1) is 25.9. The first-order valence-electron chi connectivity index (χ1n) is 12.8. The van der Waals surface area contributed by atoms with Gasteiger partial charge in [0.15, 0.2) is 0 Å². The minimum Gasteiger partial charge on any atom is -0.478 e. The van der Waals surface area contributed by atoms with Gasteiger partial charge in [-0.2, -0.15) is 0 Å². The molecular formula is C30H24ClFN4O4. The number of benzene rings is 2. The Balaban J connectivity index is 1.20. The number of ether oxygens (including phenoxy) is 2. The van der Waals surface area contributed by atoms with Crippen LogP contribution >= 0.6 is 11.6 Å². The van der Waals surface area contributed by atoms with Crippen LogP contribution in [0.3, 0.4) is 0 Å². The number of carboxylic acid groups (broad SMARTS) is 1. The van der Waals surface area contributed by atoms with Crippen LogP contribution in [0.15, 0.2) is 72.9 Å². The summed E-state index contributed by atoms with van der Waals surface area (Å²) in [5, 5.41) is 9.79. The van der Waals surface area contributed by atoms with Gasteiger partial charge in [-0.15, -0.1) is 0 Å². The second-order valence-electron chi connectivity index (χ2n) is 9.53. The van der Waals surface area contributed by atoms with E-state index in [0.717, 1.165) is 41.1 Å². The van der Waals surface area contributed by atoms with E-state index in [0.29, 0.717) is 35.1 Å². The van der Waals surface area contributed by atoms with Crippen molar-refractivity contribution in [3.05, 3.63) is 106 Å². The van der Waals surface area contributed by atoms with Gasteiger partial charge in [-0.1, -0.05) is 23.7 Å². The highest BCUT2D eigenvalue weighted by molar-refractivity contribution is 6.30. The number of hydrogen-bond acceptors (Lipinski definition) is 6. The zero-order valence-electron chi connectivity index (χ0n) is 21.3. The van der Waals surface area contributed by atoms with Crippen molar-refractivity contribution in [1.82, 2.24) is 19.5 Å². The molecule has 6 rings (SSSR count). The molecule has 1 saturated heterocycles. The number of carbonyl (C=O) groups is 1. The minimum absolute atomic E-state index is 0.0253. The van der Waals surface area contributed by atoms with E-state index in [1.165, 1.54) is 6.07 Å². The Morgan fingerprint density at radius 2 is 2.00 bits per heavy atom. The number of hydrogen-bond donors (Lipinski definition) is 1. The number of fused-ring (bicyclic) bond motifs is 1. The molecule has 40 heavy (non-hydrogen) atoms. The molecule has 1 fully saturated rings. The summed E-state index contributed by atoms with van der Waals surface area (Å²) in [6.45, 7) is 1.36. The summed E-state index contributed by atoms with van der Waals surface area (Å²) in [6, 6.07) is 18.6. The molecule has 0 unspecified atom stereocenters. The third kappa shape index (κ3) is 5.52. The molecule has 0 saturated carbocycles. The quantitative estimate of drug-likeness (QED) is 0.239. The second-order valence-corrected chi connectivity index (χ2v) is 9.97. The van der Waals surface area contributed by atoms with Crippen LogP contribution in [0.25, 0.3) is 22.3 Å². The largest absolute Gasteiger partial charge is 0.478 e. The van der Waals surface area contributed by atoms with Gasteiger partial charge in [0.25, 0.3) is 0 Å². The monoisotopic (exact) mass is 558 g/mol. The molecule has 1 N–H and O–H groups in total. The molecule has 0 amide bonds. The van der Waals surface area contributed by atoms with Gasteiger partial charge in [-0.3, -0.25) is 4.98 Å². The molecule has 1 atom stereocenters. The Hall–Kier alpha value is -4.34. The van der Waals surface area contributed by atoms with Crippen molar-refractivity contribution >= 4 is 28.6 Å². The summed E-state index contributed by atoms with van der Waals surface area (Å²) in [6.07, 6.45) is 3.24. The number of aromatic carboxylic acids is 1. The van der Waals surface area contributed by atoms with Gasteiger partial charge in [0.2, 0.25) is 5.88 Å². The number of aromatic nitrogens is 4. The van der Waals surface area contributed by atoms with E-state index in [-0.39, 0.29) is 18.3 Å². The fourth-order valence-corrected chi connectivity index (χ4v) is 4.72. The van der Waals surface area contributed by atoms with Gasteiger partial charge < -0.3 is 19.1 Å². The van der Waals surface area contributed by atoms with Crippen LogP contribution in [0.4, 0.5) is 4.39 Å². The van der Waals surface area contributed by atoms with Gasteiger partial charge in [-0.25, -0.2) is 19.2 Å². The Kier molecular flexibility index (Phi) is 7.15. The predicted octanol–water partition coefficient (Wildman–Crippen LogP) is 5.94. The average molecular weight is 559 g/mol.